The molecule has 5 rings (SSSR count). The largest absolute Gasteiger partial charge is 0.458 e. The minimum absolute atomic E-state index is 0.126. The molecule has 0 amide bonds. The highest BCUT2D eigenvalue weighted by Gasteiger charge is 2.67. The molecule has 4 aliphatic carbocycles. The monoisotopic (exact) mass is 374 g/mol. The summed E-state index contributed by atoms with van der Waals surface area (Å²) in [6, 6.07) is 0. The minimum atomic E-state index is -0.628. The van der Waals surface area contributed by atoms with E-state index < -0.39 is 5.60 Å². The second-order valence-electron chi connectivity index (χ2n) is 10.7. The number of hydrogen-bond donors (Lipinski definition) is 2. The van der Waals surface area contributed by atoms with Gasteiger partial charge in [0.1, 0.15) is 6.61 Å². The van der Waals surface area contributed by atoms with E-state index in [1.165, 1.54) is 6.42 Å². The highest BCUT2D eigenvalue weighted by atomic mass is 16.5. The molecule has 27 heavy (non-hydrogen) atoms. The molecule has 2 N–H and O–H groups in total. The topological polar surface area (TPSA) is 66.8 Å². The summed E-state index contributed by atoms with van der Waals surface area (Å²) in [5.41, 5.74) is 0.600. The lowest BCUT2D eigenvalue weighted by Crippen LogP contribution is -2.62. The molecule has 4 fully saturated rings. The Morgan fingerprint density at radius 2 is 1.85 bits per heavy atom. The van der Waals surface area contributed by atoms with Crippen molar-refractivity contribution in [1.82, 2.24) is 0 Å². The van der Waals surface area contributed by atoms with E-state index in [0.29, 0.717) is 24.4 Å². The zero-order chi connectivity index (χ0) is 19.0. The van der Waals surface area contributed by atoms with Gasteiger partial charge in [-0.1, -0.05) is 13.8 Å². The van der Waals surface area contributed by atoms with Crippen LogP contribution < -0.4 is 0 Å². The van der Waals surface area contributed by atoms with Crippen LogP contribution in [0.15, 0.2) is 11.6 Å². The average molecular weight is 375 g/mol. The lowest BCUT2D eigenvalue weighted by atomic mass is 9.43. The maximum absolute atomic E-state index is 12.1. The molecule has 0 aromatic rings. The summed E-state index contributed by atoms with van der Waals surface area (Å²) in [6.45, 7) is 5.15. The Morgan fingerprint density at radius 3 is 2.59 bits per heavy atom. The molecular formula is C23H34O4. The molecule has 8 atom stereocenters. The van der Waals surface area contributed by atoms with Crippen LogP contribution in [0.25, 0.3) is 0 Å². The van der Waals surface area contributed by atoms with Gasteiger partial charge in [0.15, 0.2) is 0 Å². The Kier molecular flexibility index (Phi) is 3.92. The highest BCUT2D eigenvalue weighted by molar-refractivity contribution is 5.85. The van der Waals surface area contributed by atoms with Crippen LogP contribution in [0, 0.1) is 34.5 Å². The van der Waals surface area contributed by atoms with Crippen molar-refractivity contribution in [3.63, 3.8) is 0 Å². The van der Waals surface area contributed by atoms with Crippen molar-refractivity contribution in [1.29, 1.82) is 0 Å². The van der Waals surface area contributed by atoms with Crippen molar-refractivity contribution in [3.05, 3.63) is 11.6 Å². The summed E-state index contributed by atoms with van der Waals surface area (Å²) in [4.78, 5) is 11.6. The first-order valence-electron chi connectivity index (χ1n) is 11.1. The van der Waals surface area contributed by atoms with E-state index in [2.05, 4.69) is 13.8 Å². The fraction of sp³-hybridized carbons (Fsp3) is 0.870. The Bertz CT molecular complexity index is 686. The van der Waals surface area contributed by atoms with Crippen molar-refractivity contribution in [3.8, 4) is 0 Å². The highest BCUT2D eigenvalue weighted by Crippen LogP contribution is 2.69. The van der Waals surface area contributed by atoms with Gasteiger partial charge in [-0.2, -0.15) is 0 Å². The number of ether oxygens (including phenoxy) is 1. The molecule has 0 aromatic heterocycles. The fourth-order valence-corrected chi connectivity index (χ4v) is 8.39. The summed E-state index contributed by atoms with van der Waals surface area (Å²) in [6.07, 6.45) is 10.8. The third-order valence-corrected chi connectivity index (χ3v) is 9.96. The standard InChI is InChI=1S/C23H34O4/c1-21-8-5-16(24)12-15(21)3-4-19-18(21)6-9-22(2)17(7-10-23(19,22)26)14-11-20(25)27-13-14/h11,15-19,24,26H,3-10,12-13H2,1-2H3/t15-,16-,17-,18-,19+,21-,22-,23-/m0/s1. The smallest absolute Gasteiger partial charge is 0.331 e. The molecule has 0 unspecified atom stereocenters. The third-order valence-electron chi connectivity index (χ3n) is 9.96. The SMILES string of the molecule is C[C@]12CC[C@H](O)C[C@@H]1CC[C@@H]1[C@@H]2CC[C@@]2(C)[C@H](C3=CC(=O)OC3)CC[C@]12O. The molecule has 0 bridgehead atoms. The average Bonchev–Trinajstić information content (AvgIpc) is 3.16. The quantitative estimate of drug-likeness (QED) is 0.688. The second-order valence-corrected chi connectivity index (χ2v) is 10.7. The summed E-state index contributed by atoms with van der Waals surface area (Å²) in [7, 11) is 0. The molecule has 0 radical (unpaired) electrons. The third kappa shape index (κ3) is 2.32. The van der Waals surface area contributed by atoms with E-state index in [-0.39, 0.29) is 28.8 Å². The molecule has 0 saturated heterocycles. The van der Waals surface area contributed by atoms with Gasteiger partial charge in [-0.15, -0.1) is 0 Å². The van der Waals surface area contributed by atoms with Crippen molar-refractivity contribution < 1.29 is 19.7 Å². The van der Waals surface area contributed by atoms with Gasteiger partial charge in [-0.3, -0.25) is 0 Å². The first-order chi connectivity index (χ1) is 12.8. The van der Waals surface area contributed by atoms with Crippen LogP contribution in [0.5, 0.6) is 0 Å². The molecule has 1 heterocycles. The first-order valence-corrected chi connectivity index (χ1v) is 11.1. The van der Waals surface area contributed by atoms with E-state index in [1.807, 2.05) is 0 Å². The fourth-order valence-electron chi connectivity index (χ4n) is 8.39. The van der Waals surface area contributed by atoms with E-state index in [1.54, 1.807) is 6.08 Å². The van der Waals surface area contributed by atoms with Gasteiger partial charge in [0.2, 0.25) is 0 Å². The van der Waals surface area contributed by atoms with Crippen LogP contribution in [0.4, 0.5) is 0 Å². The number of rotatable bonds is 1. The summed E-state index contributed by atoms with van der Waals surface area (Å²) in [5, 5.41) is 22.3. The Labute approximate surface area is 162 Å². The number of fused-ring (bicyclic) bond motifs is 5. The summed E-state index contributed by atoms with van der Waals surface area (Å²) in [5.74, 6) is 1.59. The number of hydrogen-bond acceptors (Lipinski definition) is 4. The van der Waals surface area contributed by atoms with Crippen LogP contribution in [0.3, 0.4) is 0 Å². The second kappa shape index (κ2) is 5.82. The Morgan fingerprint density at radius 1 is 1.04 bits per heavy atom. The predicted octanol–water partition coefficient (Wildman–Crippen LogP) is 3.60. The van der Waals surface area contributed by atoms with Crippen molar-refractivity contribution in [2.75, 3.05) is 6.61 Å². The lowest BCUT2D eigenvalue weighted by Gasteiger charge is -2.63. The number of esters is 1. The molecule has 1 aliphatic heterocycles. The maximum Gasteiger partial charge on any atom is 0.331 e. The summed E-state index contributed by atoms with van der Waals surface area (Å²) < 4.78 is 5.20. The van der Waals surface area contributed by atoms with Crippen LogP contribution >= 0.6 is 0 Å². The van der Waals surface area contributed by atoms with E-state index in [9.17, 15) is 15.0 Å². The summed E-state index contributed by atoms with van der Waals surface area (Å²) >= 11 is 0. The first kappa shape index (κ1) is 18.2. The molecule has 4 heteroatoms. The van der Waals surface area contributed by atoms with Crippen molar-refractivity contribution >= 4 is 5.97 Å². The van der Waals surface area contributed by atoms with Gasteiger partial charge < -0.3 is 14.9 Å². The number of carbonyl (C=O) groups excluding carboxylic acids is 1. The normalized spacial score (nSPS) is 54.6. The number of cyclic esters (lactones) is 1. The molecular weight excluding hydrogens is 340 g/mol. The molecule has 5 aliphatic rings. The van der Waals surface area contributed by atoms with E-state index >= 15 is 0 Å². The molecule has 0 aromatic carbocycles. The zero-order valence-corrected chi connectivity index (χ0v) is 16.7. The van der Waals surface area contributed by atoms with Gasteiger partial charge in [0, 0.05) is 11.5 Å². The van der Waals surface area contributed by atoms with E-state index in [4.69, 9.17) is 4.74 Å². The predicted molar refractivity (Wildman–Crippen MR) is 102 cm³/mol. The molecule has 0 spiro atoms. The molecule has 150 valence electrons. The van der Waals surface area contributed by atoms with Crippen molar-refractivity contribution in [2.45, 2.75) is 83.3 Å². The van der Waals surface area contributed by atoms with Gasteiger partial charge in [0.25, 0.3) is 0 Å². The minimum Gasteiger partial charge on any atom is -0.458 e. The Balaban J connectivity index is 1.47. The number of aliphatic hydroxyl groups is 2. The zero-order valence-electron chi connectivity index (χ0n) is 16.7. The molecule has 4 saturated carbocycles. The van der Waals surface area contributed by atoms with Gasteiger partial charge in [0.05, 0.1) is 11.7 Å². The lowest BCUT2D eigenvalue weighted by molar-refractivity contribution is -0.208. The van der Waals surface area contributed by atoms with Gasteiger partial charge in [-0.05, 0) is 92.4 Å². The van der Waals surface area contributed by atoms with Gasteiger partial charge >= 0.3 is 5.97 Å². The van der Waals surface area contributed by atoms with E-state index in [0.717, 1.165) is 56.9 Å². The van der Waals surface area contributed by atoms with Crippen LogP contribution in [-0.4, -0.2) is 34.5 Å². The van der Waals surface area contributed by atoms with Crippen LogP contribution in [0.2, 0.25) is 0 Å². The van der Waals surface area contributed by atoms with Crippen LogP contribution in [-0.2, 0) is 9.53 Å². The van der Waals surface area contributed by atoms with Gasteiger partial charge in [-0.25, -0.2) is 4.79 Å². The number of carbonyl (C=O) groups is 1. The maximum atomic E-state index is 12.1. The molecule has 4 nitrogen and oxygen atoms in total. The van der Waals surface area contributed by atoms with Crippen molar-refractivity contribution in [2.24, 2.45) is 34.5 Å². The van der Waals surface area contributed by atoms with Crippen LogP contribution in [0.1, 0.15) is 71.6 Å². The number of aliphatic hydroxyl groups excluding tert-OH is 1. The Hall–Kier alpha value is -0.870.